The van der Waals surface area contributed by atoms with E-state index < -0.39 is 5.97 Å². The van der Waals surface area contributed by atoms with Crippen molar-refractivity contribution in [3.63, 3.8) is 0 Å². The summed E-state index contributed by atoms with van der Waals surface area (Å²) in [7, 11) is 0. The van der Waals surface area contributed by atoms with Crippen LogP contribution in [0.15, 0.2) is 36.0 Å². The number of carboxylic acids is 1. The van der Waals surface area contributed by atoms with Gasteiger partial charge in [-0.05, 0) is 43.0 Å². The van der Waals surface area contributed by atoms with E-state index in [-0.39, 0.29) is 0 Å². The number of carboxylic acid groups (broad SMARTS) is 1. The van der Waals surface area contributed by atoms with Gasteiger partial charge in [0.05, 0.1) is 5.52 Å². The topological polar surface area (TPSA) is 66.3 Å². The average molecular weight is 327 g/mol. The first kappa shape index (κ1) is 15.4. The molecule has 0 aliphatic heterocycles. The number of rotatable bonds is 5. The highest BCUT2D eigenvalue weighted by Gasteiger charge is 2.15. The lowest BCUT2D eigenvalue weighted by Crippen LogP contribution is -2.23. The van der Waals surface area contributed by atoms with Crippen molar-refractivity contribution in [3.8, 4) is 11.1 Å². The van der Waals surface area contributed by atoms with E-state index in [1.54, 1.807) is 11.7 Å². The lowest BCUT2D eigenvalue weighted by atomic mass is 10.0. The molecule has 1 aromatic carbocycles. The number of benzene rings is 1. The van der Waals surface area contributed by atoms with Crippen molar-refractivity contribution in [2.24, 2.45) is 0 Å². The van der Waals surface area contributed by atoms with Crippen LogP contribution in [0.1, 0.15) is 23.5 Å². The Bertz CT molecular complexity index is 856. The lowest BCUT2D eigenvalue weighted by Gasteiger charge is -2.21. The summed E-state index contributed by atoms with van der Waals surface area (Å²) in [4.78, 5) is 22.6. The van der Waals surface area contributed by atoms with E-state index in [9.17, 15) is 9.90 Å². The van der Waals surface area contributed by atoms with Gasteiger partial charge in [-0.25, -0.2) is 14.8 Å². The van der Waals surface area contributed by atoms with E-state index in [2.05, 4.69) is 28.7 Å². The molecule has 6 heteroatoms. The Kier molecular flexibility index (Phi) is 4.25. The van der Waals surface area contributed by atoms with E-state index in [0.29, 0.717) is 4.88 Å². The van der Waals surface area contributed by atoms with Gasteiger partial charge in [-0.3, -0.25) is 0 Å². The third-order valence-corrected chi connectivity index (χ3v) is 4.75. The van der Waals surface area contributed by atoms with Crippen LogP contribution < -0.4 is 4.90 Å². The van der Waals surface area contributed by atoms with E-state index in [1.807, 2.05) is 24.3 Å². The minimum absolute atomic E-state index is 0.352. The van der Waals surface area contributed by atoms with Crippen molar-refractivity contribution in [3.05, 3.63) is 40.8 Å². The maximum absolute atomic E-state index is 11.4. The molecule has 0 amide bonds. The molecular formula is C17H17N3O2S. The fraction of sp³-hybridized carbons (Fsp3) is 0.235. The molecule has 23 heavy (non-hydrogen) atoms. The first-order valence-corrected chi connectivity index (χ1v) is 8.34. The molecule has 0 spiro atoms. The normalized spacial score (nSPS) is 10.9. The SMILES string of the molecule is CCN(CC)c1ncnc2ccc(-c3ccsc3C(=O)O)cc12. The third kappa shape index (κ3) is 2.77. The van der Waals surface area contributed by atoms with Crippen LogP contribution in [0.3, 0.4) is 0 Å². The van der Waals surface area contributed by atoms with E-state index in [0.717, 1.165) is 40.9 Å². The molecule has 0 unspecified atom stereocenters. The number of aromatic carboxylic acids is 1. The van der Waals surface area contributed by atoms with Gasteiger partial charge in [0.1, 0.15) is 17.0 Å². The molecule has 1 N–H and O–H groups in total. The van der Waals surface area contributed by atoms with E-state index in [1.165, 1.54) is 11.3 Å². The summed E-state index contributed by atoms with van der Waals surface area (Å²) in [5.74, 6) is -0.0164. The second kappa shape index (κ2) is 6.34. The summed E-state index contributed by atoms with van der Waals surface area (Å²) < 4.78 is 0. The van der Waals surface area contributed by atoms with Crippen LogP contribution in [0.25, 0.3) is 22.0 Å². The first-order chi connectivity index (χ1) is 11.2. The predicted octanol–water partition coefficient (Wildman–Crippen LogP) is 3.90. The van der Waals surface area contributed by atoms with Gasteiger partial charge in [-0.2, -0.15) is 0 Å². The minimum Gasteiger partial charge on any atom is -0.477 e. The Labute approximate surface area is 138 Å². The number of aromatic nitrogens is 2. The second-order valence-electron chi connectivity index (χ2n) is 5.07. The van der Waals surface area contributed by atoms with E-state index >= 15 is 0 Å². The summed E-state index contributed by atoms with van der Waals surface area (Å²) in [6, 6.07) is 7.66. The maximum atomic E-state index is 11.4. The molecule has 2 aromatic heterocycles. The van der Waals surface area contributed by atoms with E-state index in [4.69, 9.17) is 0 Å². The van der Waals surface area contributed by atoms with Gasteiger partial charge in [0.25, 0.3) is 0 Å². The lowest BCUT2D eigenvalue weighted by molar-refractivity contribution is 0.0703. The Morgan fingerprint density at radius 2 is 2.00 bits per heavy atom. The molecule has 0 saturated heterocycles. The van der Waals surface area contributed by atoms with Crippen LogP contribution in [0, 0.1) is 0 Å². The summed E-state index contributed by atoms with van der Waals surface area (Å²) in [6.45, 7) is 5.88. The maximum Gasteiger partial charge on any atom is 0.346 e. The molecule has 118 valence electrons. The number of anilines is 1. The fourth-order valence-corrected chi connectivity index (χ4v) is 3.44. The third-order valence-electron chi connectivity index (χ3n) is 3.85. The van der Waals surface area contributed by atoms with Crippen LogP contribution in [-0.2, 0) is 0 Å². The number of thiophene rings is 1. The van der Waals surface area contributed by atoms with Crippen molar-refractivity contribution >= 4 is 34.0 Å². The molecule has 0 saturated carbocycles. The van der Waals surface area contributed by atoms with Gasteiger partial charge in [0.15, 0.2) is 0 Å². The minimum atomic E-state index is -0.900. The standard InChI is InChI=1S/C17H17N3O2S/c1-3-20(4-2)16-13-9-11(5-6-14(13)18-10-19-16)12-7-8-23-15(12)17(21)22/h5-10H,3-4H2,1-2H3,(H,21,22). The molecule has 0 bridgehead atoms. The van der Waals surface area contributed by atoms with Gasteiger partial charge in [0.2, 0.25) is 0 Å². The highest BCUT2D eigenvalue weighted by Crippen LogP contribution is 2.32. The number of hydrogen-bond acceptors (Lipinski definition) is 5. The summed E-state index contributed by atoms with van der Waals surface area (Å²) in [6.07, 6.45) is 1.57. The van der Waals surface area contributed by atoms with Gasteiger partial charge < -0.3 is 10.0 Å². The molecule has 3 rings (SSSR count). The Hall–Kier alpha value is -2.47. The zero-order valence-electron chi connectivity index (χ0n) is 13.0. The van der Waals surface area contributed by atoms with Gasteiger partial charge in [-0.15, -0.1) is 11.3 Å². The summed E-state index contributed by atoms with van der Waals surface area (Å²) >= 11 is 1.24. The van der Waals surface area contributed by atoms with Crippen molar-refractivity contribution in [2.75, 3.05) is 18.0 Å². The molecule has 0 atom stereocenters. The quantitative estimate of drug-likeness (QED) is 0.770. The van der Waals surface area contributed by atoms with Crippen LogP contribution in [0.5, 0.6) is 0 Å². The van der Waals surface area contributed by atoms with Gasteiger partial charge >= 0.3 is 5.97 Å². The summed E-state index contributed by atoms with van der Waals surface area (Å²) in [5.41, 5.74) is 2.47. The fourth-order valence-electron chi connectivity index (χ4n) is 2.69. The largest absolute Gasteiger partial charge is 0.477 e. The highest BCUT2D eigenvalue weighted by atomic mass is 32.1. The molecule has 0 fully saturated rings. The van der Waals surface area contributed by atoms with Crippen LogP contribution in [-0.4, -0.2) is 34.1 Å². The first-order valence-electron chi connectivity index (χ1n) is 7.46. The van der Waals surface area contributed by atoms with Crippen LogP contribution in [0.4, 0.5) is 5.82 Å². The molecule has 0 aliphatic carbocycles. The van der Waals surface area contributed by atoms with Crippen molar-refractivity contribution in [2.45, 2.75) is 13.8 Å². The van der Waals surface area contributed by atoms with Crippen LogP contribution >= 0.6 is 11.3 Å². The number of fused-ring (bicyclic) bond motifs is 1. The zero-order chi connectivity index (χ0) is 16.4. The molecule has 2 heterocycles. The van der Waals surface area contributed by atoms with Crippen LogP contribution in [0.2, 0.25) is 0 Å². The Morgan fingerprint density at radius 3 is 2.70 bits per heavy atom. The average Bonchev–Trinajstić information content (AvgIpc) is 3.05. The van der Waals surface area contributed by atoms with Crippen molar-refractivity contribution < 1.29 is 9.90 Å². The number of carbonyl (C=O) groups is 1. The monoisotopic (exact) mass is 327 g/mol. The molecule has 5 nitrogen and oxygen atoms in total. The molecular weight excluding hydrogens is 310 g/mol. The number of hydrogen-bond donors (Lipinski definition) is 1. The Morgan fingerprint density at radius 1 is 1.22 bits per heavy atom. The molecule has 0 aliphatic rings. The van der Waals surface area contributed by atoms with Gasteiger partial charge in [-0.1, -0.05) is 6.07 Å². The number of nitrogens with zero attached hydrogens (tertiary/aromatic N) is 3. The highest BCUT2D eigenvalue weighted by molar-refractivity contribution is 7.12. The smallest absolute Gasteiger partial charge is 0.346 e. The zero-order valence-corrected chi connectivity index (χ0v) is 13.8. The summed E-state index contributed by atoms with van der Waals surface area (Å²) in [5, 5.41) is 12.1. The second-order valence-corrected chi connectivity index (χ2v) is 5.99. The van der Waals surface area contributed by atoms with Gasteiger partial charge in [0, 0.05) is 24.0 Å². The molecule has 0 radical (unpaired) electrons. The van der Waals surface area contributed by atoms with Crippen molar-refractivity contribution in [1.29, 1.82) is 0 Å². The molecule has 3 aromatic rings. The predicted molar refractivity (Wildman–Crippen MR) is 93.4 cm³/mol. The Balaban J connectivity index is 2.19. The van der Waals surface area contributed by atoms with Crippen molar-refractivity contribution in [1.82, 2.24) is 9.97 Å².